The summed E-state index contributed by atoms with van der Waals surface area (Å²) in [5.74, 6) is -0.693. The first-order valence-electron chi connectivity index (χ1n) is 9.72. The molecular formula is C22H25N3O5. The van der Waals surface area contributed by atoms with Gasteiger partial charge < -0.3 is 15.0 Å². The number of aromatic amines is 1. The second kappa shape index (κ2) is 8.14. The van der Waals surface area contributed by atoms with E-state index < -0.39 is 17.6 Å². The first-order chi connectivity index (χ1) is 14.1. The van der Waals surface area contributed by atoms with Gasteiger partial charge in [-0.2, -0.15) is 0 Å². The van der Waals surface area contributed by atoms with E-state index in [2.05, 4.69) is 10.3 Å². The minimum atomic E-state index is -0.608. The van der Waals surface area contributed by atoms with Gasteiger partial charge in [-0.05, 0) is 49.1 Å². The van der Waals surface area contributed by atoms with Crippen LogP contribution in [0.25, 0.3) is 0 Å². The Hall–Kier alpha value is -3.42. The number of nitrogens with zero attached hydrogens (tertiary/aromatic N) is 1. The number of fused-ring (bicyclic) bond motifs is 1. The quantitative estimate of drug-likeness (QED) is 0.802. The Morgan fingerprint density at radius 1 is 1.17 bits per heavy atom. The van der Waals surface area contributed by atoms with Crippen molar-refractivity contribution >= 4 is 29.2 Å². The summed E-state index contributed by atoms with van der Waals surface area (Å²) >= 11 is 0. The van der Waals surface area contributed by atoms with Gasteiger partial charge in [-0.25, -0.2) is 4.79 Å². The van der Waals surface area contributed by atoms with Crippen LogP contribution >= 0.6 is 0 Å². The number of aromatic nitrogens is 1. The Morgan fingerprint density at radius 2 is 1.83 bits per heavy atom. The molecule has 2 aromatic rings. The zero-order valence-electron chi connectivity index (χ0n) is 17.5. The largest absolute Gasteiger partial charge is 0.449 e. The summed E-state index contributed by atoms with van der Waals surface area (Å²) in [5.41, 5.74) is 1.13. The number of benzene rings is 1. The van der Waals surface area contributed by atoms with Gasteiger partial charge in [-0.3, -0.25) is 19.3 Å². The fourth-order valence-corrected chi connectivity index (χ4v) is 3.49. The van der Waals surface area contributed by atoms with E-state index in [9.17, 15) is 19.2 Å². The fourth-order valence-electron chi connectivity index (χ4n) is 3.49. The van der Waals surface area contributed by atoms with Crippen LogP contribution in [0.5, 0.6) is 0 Å². The molecule has 0 saturated carbocycles. The van der Waals surface area contributed by atoms with Gasteiger partial charge in [0.05, 0.1) is 6.61 Å². The number of nitrogens with one attached hydrogen (secondary N) is 2. The molecule has 0 radical (unpaired) electrons. The number of H-pyrrole nitrogens is 1. The molecule has 0 atom stereocenters. The molecule has 158 valence electrons. The van der Waals surface area contributed by atoms with Crippen LogP contribution in [-0.2, 0) is 11.2 Å². The summed E-state index contributed by atoms with van der Waals surface area (Å²) in [6.45, 7) is 5.93. The summed E-state index contributed by atoms with van der Waals surface area (Å²) in [6, 6.07) is 7.90. The molecule has 0 spiro atoms. The lowest BCUT2D eigenvalue weighted by atomic mass is 9.75. The van der Waals surface area contributed by atoms with E-state index in [4.69, 9.17) is 4.74 Å². The molecule has 1 aliphatic rings. The molecular weight excluding hydrogens is 386 g/mol. The molecule has 3 rings (SSSR count). The molecule has 1 heterocycles. The van der Waals surface area contributed by atoms with E-state index in [1.54, 1.807) is 38.2 Å². The highest BCUT2D eigenvalue weighted by atomic mass is 16.6. The van der Waals surface area contributed by atoms with Crippen LogP contribution in [0, 0.1) is 5.41 Å². The number of pyridine rings is 1. The molecule has 2 amide bonds. The Morgan fingerprint density at radius 3 is 2.47 bits per heavy atom. The van der Waals surface area contributed by atoms with Gasteiger partial charge in [0.1, 0.15) is 5.56 Å². The highest BCUT2D eigenvalue weighted by Crippen LogP contribution is 2.33. The van der Waals surface area contributed by atoms with E-state index in [0.29, 0.717) is 35.5 Å². The van der Waals surface area contributed by atoms with Crippen molar-refractivity contribution in [3.63, 3.8) is 0 Å². The number of ether oxygens (including phenoxy) is 1. The number of ketones is 1. The van der Waals surface area contributed by atoms with Crippen LogP contribution in [0.3, 0.4) is 0 Å². The molecule has 0 fully saturated rings. The molecule has 0 unspecified atom stereocenters. The number of Topliss-reactive ketones (excluding diaryl/α,β-unsaturated/α-hetero) is 1. The summed E-state index contributed by atoms with van der Waals surface area (Å²) in [6.07, 6.45) is 0.450. The standard InChI is InChI=1S/C22H25N3O5/c1-5-30-21(29)25(4)14-8-6-13(7-9-14)23-19(27)16-10-15-17(24-20(16)28)11-22(2,3)12-18(15)26/h6-10H,5,11-12H2,1-4H3,(H,23,27)(H,24,28). The fraction of sp³-hybridized carbons (Fsp3) is 0.364. The van der Waals surface area contributed by atoms with E-state index in [0.717, 1.165) is 0 Å². The number of rotatable bonds is 4. The van der Waals surface area contributed by atoms with Gasteiger partial charge in [0.15, 0.2) is 5.78 Å². The third-order valence-electron chi connectivity index (χ3n) is 5.02. The summed E-state index contributed by atoms with van der Waals surface area (Å²) in [7, 11) is 1.58. The third kappa shape index (κ3) is 4.42. The minimum absolute atomic E-state index is 0.0853. The number of amides is 2. The predicted octanol–water partition coefficient (Wildman–Crippen LogP) is 3.38. The minimum Gasteiger partial charge on any atom is -0.449 e. The Balaban J connectivity index is 1.78. The number of carbonyl (C=O) groups excluding carboxylic acids is 3. The monoisotopic (exact) mass is 411 g/mol. The second-order valence-electron chi connectivity index (χ2n) is 8.10. The van der Waals surface area contributed by atoms with Gasteiger partial charge in [0, 0.05) is 36.1 Å². The van der Waals surface area contributed by atoms with Crippen molar-refractivity contribution in [1.29, 1.82) is 0 Å². The second-order valence-corrected chi connectivity index (χ2v) is 8.10. The average molecular weight is 411 g/mol. The average Bonchev–Trinajstić information content (AvgIpc) is 2.66. The van der Waals surface area contributed by atoms with Crippen molar-refractivity contribution in [2.75, 3.05) is 23.9 Å². The zero-order valence-corrected chi connectivity index (χ0v) is 17.5. The molecule has 1 aromatic carbocycles. The highest BCUT2D eigenvalue weighted by molar-refractivity contribution is 6.06. The van der Waals surface area contributed by atoms with Crippen molar-refractivity contribution in [1.82, 2.24) is 4.98 Å². The van der Waals surface area contributed by atoms with E-state index in [1.165, 1.54) is 11.0 Å². The van der Waals surface area contributed by atoms with E-state index >= 15 is 0 Å². The maximum Gasteiger partial charge on any atom is 0.413 e. The van der Waals surface area contributed by atoms with Crippen molar-refractivity contribution in [2.45, 2.75) is 33.6 Å². The number of anilines is 2. The molecule has 0 aliphatic heterocycles. The SMILES string of the molecule is CCOC(=O)N(C)c1ccc(NC(=O)c2cc3c([nH]c2=O)CC(C)(C)CC3=O)cc1. The van der Waals surface area contributed by atoms with E-state index in [1.807, 2.05) is 13.8 Å². The Kier molecular flexibility index (Phi) is 5.78. The van der Waals surface area contributed by atoms with Gasteiger partial charge >= 0.3 is 6.09 Å². The molecule has 0 bridgehead atoms. The van der Waals surface area contributed by atoms with Gasteiger partial charge in [-0.1, -0.05) is 13.8 Å². The Labute approximate surface area is 174 Å². The molecule has 2 N–H and O–H groups in total. The van der Waals surface area contributed by atoms with Crippen molar-refractivity contribution in [3.8, 4) is 0 Å². The van der Waals surface area contributed by atoms with Crippen LogP contribution < -0.4 is 15.8 Å². The Bertz CT molecular complexity index is 1050. The van der Waals surface area contributed by atoms with Crippen LogP contribution in [0.2, 0.25) is 0 Å². The summed E-state index contributed by atoms with van der Waals surface area (Å²) in [4.78, 5) is 53.4. The van der Waals surface area contributed by atoms with Crippen molar-refractivity contribution in [3.05, 3.63) is 57.5 Å². The van der Waals surface area contributed by atoms with Crippen LogP contribution in [-0.4, -0.2) is 36.4 Å². The first-order valence-corrected chi connectivity index (χ1v) is 9.72. The van der Waals surface area contributed by atoms with Crippen molar-refractivity contribution < 1.29 is 19.1 Å². The van der Waals surface area contributed by atoms with Gasteiger partial charge in [0.25, 0.3) is 11.5 Å². The molecule has 1 aliphatic carbocycles. The van der Waals surface area contributed by atoms with Crippen LogP contribution in [0.1, 0.15) is 53.6 Å². The van der Waals surface area contributed by atoms with Gasteiger partial charge in [-0.15, -0.1) is 0 Å². The lowest BCUT2D eigenvalue weighted by Crippen LogP contribution is -2.32. The topological polar surface area (TPSA) is 109 Å². The number of hydrogen-bond acceptors (Lipinski definition) is 5. The summed E-state index contributed by atoms with van der Waals surface area (Å²) in [5, 5.41) is 2.65. The maximum atomic E-state index is 12.6. The molecule has 8 nitrogen and oxygen atoms in total. The first kappa shape index (κ1) is 21.3. The number of hydrogen-bond donors (Lipinski definition) is 2. The summed E-state index contributed by atoms with van der Waals surface area (Å²) < 4.78 is 4.94. The smallest absolute Gasteiger partial charge is 0.413 e. The van der Waals surface area contributed by atoms with Crippen LogP contribution in [0.15, 0.2) is 35.1 Å². The van der Waals surface area contributed by atoms with Gasteiger partial charge in [0.2, 0.25) is 0 Å². The normalized spacial score (nSPS) is 14.6. The number of carbonyl (C=O) groups is 3. The van der Waals surface area contributed by atoms with E-state index in [-0.39, 0.29) is 23.4 Å². The third-order valence-corrected chi connectivity index (χ3v) is 5.02. The molecule has 8 heteroatoms. The molecule has 0 saturated heterocycles. The molecule has 1 aromatic heterocycles. The molecule has 30 heavy (non-hydrogen) atoms. The maximum absolute atomic E-state index is 12.6. The zero-order chi connectivity index (χ0) is 22.1. The van der Waals surface area contributed by atoms with Crippen molar-refractivity contribution in [2.24, 2.45) is 5.41 Å². The lowest BCUT2D eigenvalue weighted by Gasteiger charge is -2.29. The highest BCUT2D eigenvalue weighted by Gasteiger charge is 2.32. The van der Waals surface area contributed by atoms with Crippen LogP contribution in [0.4, 0.5) is 16.2 Å². The lowest BCUT2D eigenvalue weighted by molar-refractivity contribution is 0.0910. The predicted molar refractivity (Wildman–Crippen MR) is 113 cm³/mol.